The number of nitrogens with zero attached hydrogens (tertiary/aromatic N) is 1. The van der Waals surface area contributed by atoms with Crippen LogP contribution < -0.4 is 5.73 Å². The molecule has 0 spiro atoms. The molecule has 0 aromatic heterocycles. The van der Waals surface area contributed by atoms with Crippen LogP contribution in [0.3, 0.4) is 0 Å². The van der Waals surface area contributed by atoms with E-state index in [1.54, 1.807) is 0 Å². The monoisotopic (exact) mass is 298 g/mol. The molecule has 0 radical (unpaired) electrons. The average Bonchev–Trinajstić information content (AvgIpc) is 2.87. The van der Waals surface area contributed by atoms with E-state index in [9.17, 15) is 5.26 Å². The Morgan fingerprint density at radius 1 is 1.41 bits per heavy atom. The predicted octanol–water partition coefficient (Wildman–Crippen LogP) is 4.79. The molecule has 0 aliphatic heterocycles. The van der Waals surface area contributed by atoms with Gasteiger partial charge < -0.3 is 5.73 Å². The summed E-state index contributed by atoms with van der Waals surface area (Å²) in [6, 6.07) is 2.60. The molecule has 0 bridgehead atoms. The van der Waals surface area contributed by atoms with Crippen molar-refractivity contribution in [1.82, 2.24) is 0 Å². The molecule has 0 aromatic rings. The molecule has 22 heavy (non-hydrogen) atoms. The normalized spacial score (nSPS) is 46.6. The van der Waals surface area contributed by atoms with E-state index in [-0.39, 0.29) is 11.3 Å². The quantitative estimate of drug-likeness (QED) is 0.762. The molecule has 2 saturated carbocycles. The zero-order valence-electron chi connectivity index (χ0n) is 14.1. The highest BCUT2D eigenvalue weighted by Gasteiger charge is 2.54. The van der Waals surface area contributed by atoms with Gasteiger partial charge in [0.25, 0.3) is 0 Å². The summed E-state index contributed by atoms with van der Waals surface area (Å²) in [6.07, 6.45) is 12.9. The second-order valence-electron chi connectivity index (χ2n) is 8.64. The van der Waals surface area contributed by atoms with E-state index in [0.29, 0.717) is 11.3 Å². The van der Waals surface area contributed by atoms with Crippen LogP contribution in [-0.2, 0) is 0 Å². The van der Waals surface area contributed by atoms with Gasteiger partial charge in [0.2, 0.25) is 0 Å². The predicted molar refractivity (Wildman–Crippen MR) is 90.6 cm³/mol. The lowest BCUT2D eigenvalue weighted by Gasteiger charge is -2.56. The highest BCUT2D eigenvalue weighted by Crippen LogP contribution is 2.62. The summed E-state index contributed by atoms with van der Waals surface area (Å²) >= 11 is 0. The van der Waals surface area contributed by atoms with E-state index in [1.165, 1.54) is 19.3 Å². The van der Waals surface area contributed by atoms with E-state index in [0.717, 1.165) is 43.2 Å². The SMILES string of the molecule is C=C(N)CCC1(C)CC(C#N)CC2C3CC=CC3(C)CCC21. The third-order valence-electron chi connectivity index (χ3n) is 7.13. The summed E-state index contributed by atoms with van der Waals surface area (Å²) < 4.78 is 0. The van der Waals surface area contributed by atoms with Crippen LogP contribution in [-0.4, -0.2) is 0 Å². The Hall–Kier alpha value is -1.23. The van der Waals surface area contributed by atoms with E-state index in [1.807, 2.05) is 0 Å². The first-order valence-electron chi connectivity index (χ1n) is 8.88. The van der Waals surface area contributed by atoms with Crippen molar-refractivity contribution in [3.8, 4) is 6.07 Å². The number of hydrogen-bond donors (Lipinski definition) is 1. The zero-order valence-corrected chi connectivity index (χ0v) is 14.1. The Morgan fingerprint density at radius 2 is 2.18 bits per heavy atom. The average molecular weight is 298 g/mol. The van der Waals surface area contributed by atoms with Crippen LogP contribution in [0.5, 0.6) is 0 Å². The van der Waals surface area contributed by atoms with Gasteiger partial charge >= 0.3 is 0 Å². The van der Waals surface area contributed by atoms with Crippen LogP contribution in [0.15, 0.2) is 24.4 Å². The minimum Gasteiger partial charge on any atom is -0.403 e. The second kappa shape index (κ2) is 5.44. The molecule has 0 saturated heterocycles. The second-order valence-corrected chi connectivity index (χ2v) is 8.64. The summed E-state index contributed by atoms with van der Waals surface area (Å²) in [6.45, 7) is 8.74. The first kappa shape index (κ1) is 15.7. The Kier molecular flexibility index (Phi) is 3.87. The molecule has 2 fully saturated rings. The van der Waals surface area contributed by atoms with E-state index >= 15 is 0 Å². The molecule has 0 heterocycles. The first-order valence-corrected chi connectivity index (χ1v) is 8.88. The number of hydrogen-bond acceptors (Lipinski definition) is 2. The van der Waals surface area contributed by atoms with Gasteiger partial charge in [0.1, 0.15) is 0 Å². The van der Waals surface area contributed by atoms with Gasteiger partial charge in [0.15, 0.2) is 0 Å². The molecule has 120 valence electrons. The molecule has 2 nitrogen and oxygen atoms in total. The van der Waals surface area contributed by atoms with Crippen molar-refractivity contribution in [1.29, 1.82) is 5.26 Å². The van der Waals surface area contributed by atoms with Gasteiger partial charge in [-0.2, -0.15) is 5.26 Å². The minimum atomic E-state index is 0.222. The van der Waals surface area contributed by atoms with Crippen molar-refractivity contribution < 1.29 is 0 Å². The van der Waals surface area contributed by atoms with Crippen LogP contribution in [0.1, 0.15) is 58.8 Å². The van der Waals surface area contributed by atoms with Crippen LogP contribution >= 0.6 is 0 Å². The van der Waals surface area contributed by atoms with Crippen molar-refractivity contribution in [3.63, 3.8) is 0 Å². The lowest BCUT2D eigenvalue weighted by atomic mass is 9.48. The Morgan fingerprint density at radius 3 is 2.86 bits per heavy atom. The molecule has 6 atom stereocenters. The Balaban J connectivity index is 1.87. The summed E-state index contributed by atoms with van der Waals surface area (Å²) in [4.78, 5) is 0. The maximum atomic E-state index is 9.59. The van der Waals surface area contributed by atoms with E-state index < -0.39 is 0 Å². The lowest BCUT2D eigenvalue weighted by molar-refractivity contribution is -0.0614. The number of allylic oxidation sites excluding steroid dienone is 3. The topological polar surface area (TPSA) is 49.8 Å². The third kappa shape index (κ3) is 2.49. The Labute approximate surface area is 135 Å². The third-order valence-corrected chi connectivity index (χ3v) is 7.13. The fourth-order valence-electron chi connectivity index (χ4n) is 5.92. The molecule has 3 aliphatic carbocycles. The molecule has 6 unspecified atom stereocenters. The van der Waals surface area contributed by atoms with Crippen molar-refractivity contribution in [2.45, 2.75) is 58.8 Å². The number of nitrogens with two attached hydrogens (primary N) is 1. The first-order chi connectivity index (χ1) is 10.4. The van der Waals surface area contributed by atoms with Gasteiger partial charge in [-0.25, -0.2) is 0 Å². The number of fused-ring (bicyclic) bond motifs is 3. The van der Waals surface area contributed by atoms with Gasteiger partial charge in [0.05, 0.1) is 6.07 Å². The van der Waals surface area contributed by atoms with Crippen LogP contribution in [0.4, 0.5) is 0 Å². The fraction of sp³-hybridized carbons (Fsp3) is 0.750. The number of nitriles is 1. The fourth-order valence-corrected chi connectivity index (χ4v) is 5.92. The van der Waals surface area contributed by atoms with Gasteiger partial charge in [0, 0.05) is 11.6 Å². The summed E-state index contributed by atoms with van der Waals surface area (Å²) in [5.41, 5.74) is 7.28. The number of rotatable bonds is 3. The molecule has 0 amide bonds. The van der Waals surface area contributed by atoms with Crippen LogP contribution in [0.25, 0.3) is 0 Å². The van der Waals surface area contributed by atoms with Gasteiger partial charge in [-0.1, -0.05) is 32.6 Å². The van der Waals surface area contributed by atoms with Gasteiger partial charge in [-0.15, -0.1) is 0 Å². The summed E-state index contributed by atoms with van der Waals surface area (Å²) in [7, 11) is 0. The largest absolute Gasteiger partial charge is 0.403 e. The smallest absolute Gasteiger partial charge is 0.0656 e. The van der Waals surface area contributed by atoms with E-state index in [2.05, 4.69) is 38.6 Å². The maximum absolute atomic E-state index is 9.59. The van der Waals surface area contributed by atoms with Crippen LogP contribution in [0, 0.1) is 45.8 Å². The van der Waals surface area contributed by atoms with Crippen molar-refractivity contribution in [3.05, 3.63) is 24.4 Å². The molecule has 2 heteroatoms. The highest BCUT2D eigenvalue weighted by atomic mass is 14.6. The molecule has 3 aliphatic rings. The van der Waals surface area contributed by atoms with Crippen molar-refractivity contribution >= 4 is 0 Å². The molecule has 2 N–H and O–H groups in total. The maximum Gasteiger partial charge on any atom is 0.0656 e. The van der Waals surface area contributed by atoms with Crippen molar-refractivity contribution in [2.24, 2.45) is 40.2 Å². The van der Waals surface area contributed by atoms with Gasteiger partial charge in [-0.05, 0) is 73.5 Å². The zero-order chi connectivity index (χ0) is 16.0. The Bertz CT molecular complexity index is 528. The standard InChI is InChI=1S/C20H30N2/c1-14(22)6-9-20(3)12-15(13-21)11-16-17-5-4-8-19(17,2)10-7-18(16)20/h4,8,15-18H,1,5-7,9-12,22H2,2-3H3. The van der Waals surface area contributed by atoms with Crippen molar-refractivity contribution in [2.75, 3.05) is 0 Å². The molecule has 3 rings (SSSR count). The molecular formula is C20H30N2. The van der Waals surface area contributed by atoms with Crippen LogP contribution in [0.2, 0.25) is 0 Å². The molecule has 0 aromatic carbocycles. The highest BCUT2D eigenvalue weighted by molar-refractivity contribution is 5.16. The van der Waals surface area contributed by atoms with Gasteiger partial charge in [-0.3, -0.25) is 0 Å². The minimum absolute atomic E-state index is 0.222. The summed E-state index contributed by atoms with van der Waals surface area (Å²) in [5.74, 6) is 2.45. The molecular weight excluding hydrogens is 268 g/mol. The lowest BCUT2D eigenvalue weighted by Crippen LogP contribution is -2.49. The van der Waals surface area contributed by atoms with E-state index in [4.69, 9.17) is 5.73 Å². The summed E-state index contributed by atoms with van der Waals surface area (Å²) in [5, 5.41) is 9.59.